The quantitative estimate of drug-likeness (QED) is 0.944. The predicted octanol–water partition coefficient (Wildman–Crippen LogP) is 2.24. The molecule has 0 radical (unpaired) electrons. The molecule has 5 nitrogen and oxygen atoms in total. The Hall–Kier alpha value is -1.46. The second-order valence-electron chi connectivity index (χ2n) is 7.24. The van der Waals surface area contributed by atoms with Crippen LogP contribution in [-0.2, 0) is 6.54 Å². The van der Waals surface area contributed by atoms with Crippen LogP contribution in [0.25, 0.3) is 11.2 Å². The molecule has 23 heavy (non-hydrogen) atoms. The Morgan fingerprint density at radius 1 is 1.30 bits per heavy atom. The van der Waals surface area contributed by atoms with Gasteiger partial charge in [-0.2, -0.15) is 0 Å². The molecule has 5 heteroatoms. The number of aromatic nitrogens is 3. The minimum atomic E-state index is 0.527. The minimum Gasteiger partial charge on any atom is -0.316 e. The number of pyridine rings is 1. The lowest BCUT2D eigenvalue weighted by Crippen LogP contribution is -2.35. The number of nitrogens with one attached hydrogen (secondary N) is 1. The molecule has 2 fully saturated rings. The fourth-order valence-electron chi connectivity index (χ4n) is 4.22. The first-order chi connectivity index (χ1) is 11.3. The van der Waals surface area contributed by atoms with E-state index in [1.165, 1.54) is 44.6 Å². The van der Waals surface area contributed by atoms with Crippen LogP contribution in [0.15, 0.2) is 18.3 Å². The van der Waals surface area contributed by atoms with Crippen molar-refractivity contribution >= 4 is 11.2 Å². The van der Waals surface area contributed by atoms with Gasteiger partial charge in [0.05, 0.1) is 0 Å². The first-order valence-electron chi connectivity index (χ1n) is 9.01. The second kappa shape index (κ2) is 6.57. The third-order valence-electron chi connectivity index (χ3n) is 5.36. The second-order valence-corrected chi connectivity index (χ2v) is 7.24. The van der Waals surface area contributed by atoms with E-state index in [0.29, 0.717) is 11.8 Å². The number of hydrogen-bond donors (Lipinski definition) is 1. The van der Waals surface area contributed by atoms with Gasteiger partial charge >= 0.3 is 0 Å². The van der Waals surface area contributed by atoms with Gasteiger partial charge in [0.25, 0.3) is 0 Å². The Kier molecular flexibility index (Phi) is 4.31. The SMILES string of the molecule is CN1CCCC(Cn2c(C3CCCNC3)nc3cccnc32)C1. The van der Waals surface area contributed by atoms with Crippen molar-refractivity contribution in [2.45, 2.75) is 38.1 Å². The number of nitrogens with zero attached hydrogens (tertiary/aromatic N) is 4. The van der Waals surface area contributed by atoms with Crippen molar-refractivity contribution in [2.75, 3.05) is 33.2 Å². The molecule has 2 aliphatic rings. The van der Waals surface area contributed by atoms with Gasteiger partial charge in [-0.3, -0.25) is 0 Å². The van der Waals surface area contributed by atoms with Crippen LogP contribution in [0.3, 0.4) is 0 Å². The standard InChI is InChI=1S/C18H27N5/c1-22-10-4-5-14(12-22)13-23-17(15-6-2-8-19-11-15)21-16-7-3-9-20-18(16)23/h3,7,9,14-15,19H,2,4-6,8,10-13H2,1H3. The molecule has 2 aliphatic heterocycles. The molecule has 2 saturated heterocycles. The van der Waals surface area contributed by atoms with E-state index in [-0.39, 0.29) is 0 Å². The van der Waals surface area contributed by atoms with Crippen molar-refractivity contribution in [1.82, 2.24) is 24.8 Å². The average Bonchev–Trinajstić information content (AvgIpc) is 2.95. The summed E-state index contributed by atoms with van der Waals surface area (Å²) in [6.45, 7) is 5.67. The van der Waals surface area contributed by atoms with Gasteiger partial charge in [-0.05, 0) is 63.9 Å². The lowest BCUT2D eigenvalue weighted by Gasteiger charge is -2.31. The number of rotatable bonds is 3. The Balaban J connectivity index is 1.67. The highest BCUT2D eigenvalue weighted by Gasteiger charge is 2.25. The number of piperidine rings is 2. The summed E-state index contributed by atoms with van der Waals surface area (Å²) in [6.07, 6.45) is 7.01. The summed E-state index contributed by atoms with van der Waals surface area (Å²) in [6, 6.07) is 4.10. The number of imidazole rings is 1. The summed E-state index contributed by atoms with van der Waals surface area (Å²) in [5, 5.41) is 3.53. The van der Waals surface area contributed by atoms with Gasteiger partial charge in [-0.15, -0.1) is 0 Å². The summed E-state index contributed by atoms with van der Waals surface area (Å²) in [5.74, 6) is 2.49. The fraction of sp³-hybridized carbons (Fsp3) is 0.667. The zero-order chi connectivity index (χ0) is 15.6. The lowest BCUT2D eigenvalue weighted by molar-refractivity contribution is 0.193. The van der Waals surface area contributed by atoms with Crippen molar-refractivity contribution < 1.29 is 0 Å². The van der Waals surface area contributed by atoms with Crippen molar-refractivity contribution in [3.63, 3.8) is 0 Å². The molecule has 2 unspecified atom stereocenters. The van der Waals surface area contributed by atoms with Crippen LogP contribution >= 0.6 is 0 Å². The van der Waals surface area contributed by atoms with Gasteiger partial charge in [0.1, 0.15) is 11.3 Å². The average molecular weight is 313 g/mol. The molecule has 2 atom stereocenters. The zero-order valence-electron chi connectivity index (χ0n) is 14.0. The topological polar surface area (TPSA) is 46.0 Å². The maximum absolute atomic E-state index is 4.97. The van der Waals surface area contributed by atoms with Crippen molar-refractivity contribution in [3.05, 3.63) is 24.2 Å². The summed E-state index contributed by atoms with van der Waals surface area (Å²) < 4.78 is 2.43. The van der Waals surface area contributed by atoms with Crippen LogP contribution in [-0.4, -0.2) is 52.7 Å². The maximum Gasteiger partial charge on any atom is 0.160 e. The Morgan fingerprint density at radius 3 is 3.09 bits per heavy atom. The monoisotopic (exact) mass is 313 g/mol. The van der Waals surface area contributed by atoms with E-state index in [9.17, 15) is 0 Å². The van der Waals surface area contributed by atoms with Gasteiger partial charge in [-0.1, -0.05) is 0 Å². The minimum absolute atomic E-state index is 0.527. The molecule has 1 N–H and O–H groups in total. The van der Waals surface area contributed by atoms with Crippen molar-refractivity contribution in [3.8, 4) is 0 Å². The van der Waals surface area contributed by atoms with Crippen LogP contribution < -0.4 is 5.32 Å². The number of likely N-dealkylation sites (tertiary alicyclic amines) is 1. The van der Waals surface area contributed by atoms with E-state index in [0.717, 1.165) is 30.8 Å². The van der Waals surface area contributed by atoms with Crippen molar-refractivity contribution in [2.24, 2.45) is 5.92 Å². The third-order valence-corrected chi connectivity index (χ3v) is 5.36. The molecule has 2 aromatic heterocycles. The van der Waals surface area contributed by atoms with Crippen molar-refractivity contribution in [1.29, 1.82) is 0 Å². The zero-order valence-corrected chi connectivity index (χ0v) is 14.0. The van der Waals surface area contributed by atoms with Crippen LogP contribution in [0.2, 0.25) is 0 Å². The highest BCUT2D eigenvalue weighted by molar-refractivity contribution is 5.71. The molecule has 4 heterocycles. The number of hydrogen-bond acceptors (Lipinski definition) is 4. The van der Waals surface area contributed by atoms with Crippen LogP contribution in [0.1, 0.15) is 37.4 Å². The molecule has 0 bridgehead atoms. The molecular weight excluding hydrogens is 286 g/mol. The van der Waals surface area contributed by atoms with Crippen LogP contribution in [0, 0.1) is 5.92 Å². The van der Waals surface area contributed by atoms with Gasteiger partial charge in [0, 0.05) is 31.7 Å². The van der Waals surface area contributed by atoms with Gasteiger partial charge in [0.2, 0.25) is 0 Å². The fourth-order valence-corrected chi connectivity index (χ4v) is 4.22. The highest BCUT2D eigenvalue weighted by Crippen LogP contribution is 2.28. The van der Waals surface area contributed by atoms with Crippen LogP contribution in [0.5, 0.6) is 0 Å². The van der Waals surface area contributed by atoms with Gasteiger partial charge in [0.15, 0.2) is 5.65 Å². The molecule has 0 amide bonds. The van der Waals surface area contributed by atoms with E-state index >= 15 is 0 Å². The van der Waals surface area contributed by atoms with E-state index in [1.54, 1.807) is 0 Å². The number of fused-ring (bicyclic) bond motifs is 1. The molecule has 0 spiro atoms. The first kappa shape index (κ1) is 15.1. The molecule has 4 rings (SSSR count). The van der Waals surface area contributed by atoms with E-state index in [1.807, 2.05) is 12.3 Å². The summed E-state index contributed by atoms with van der Waals surface area (Å²) in [5.41, 5.74) is 2.12. The molecule has 0 aliphatic carbocycles. The molecule has 124 valence electrons. The molecular formula is C18H27N5. The summed E-state index contributed by atoms with van der Waals surface area (Å²) in [4.78, 5) is 12.1. The maximum atomic E-state index is 4.97. The predicted molar refractivity (Wildman–Crippen MR) is 92.6 cm³/mol. The van der Waals surface area contributed by atoms with E-state index < -0.39 is 0 Å². The van der Waals surface area contributed by atoms with E-state index in [2.05, 4.69) is 32.9 Å². The largest absolute Gasteiger partial charge is 0.316 e. The summed E-state index contributed by atoms with van der Waals surface area (Å²) >= 11 is 0. The highest BCUT2D eigenvalue weighted by atomic mass is 15.2. The first-order valence-corrected chi connectivity index (χ1v) is 9.01. The van der Waals surface area contributed by atoms with Crippen LogP contribution in [0.4, 0.5) is 0 Å². The Bertz CT molecular complexity index is 658. The molecule has 0 aromatic carbocycles. The molecule has 2 aromatic rings. The Labute approximate surface area is 138 Å². The van der Waals surface area contributed by atoms with Gasteiger partial charge < -0.3 is 14.8 Å². The smallest absolute Gasteiger partial charge is 0.160 e. The van der Waals surface area contributed by atoms with E-state index in [4.69, 9.17) is 4.98 Å². The third kappa shape index (κ3) is 3.12. The van der Waals surface area contributed by atoms with Gasteiger partial charge in [-0.25, -0.2) is 9.97 Å². The Morgan fingerprint density at radius 2 is 2.26 bits per heavy atom. The normalized spacial score (nSPS) is 26.7. The lowest BCUT2D eigenvalue weighted by atomic mass is 9.96. The summed E-state index contributed by atoms with van der Waals surface area (Å²) in [7, 11) is 2.24. The molecule has 0 saturated carbocycles.